The Morgan fingerprint density at radius 3 is 3.00 bits per heavy atom. The summed E-state index contributed by atoms with van der Waals surface area (Å²) in [5, 5.41) is 12.5. The molecule has 0 aromatic heterocycles. The van der Waals surface area contributed by atoms with Crippen molar-refractivity contribution in [3.05, 3.63) is 29.3 Å². The number of aliphatic hydroxyl groups is 1. The average molecular weight is 262 g/mol. The van der Waals surface area contributed by atoms with Crippen molar-refractivity contribution in [1.29, 1.82) is 0 Å². The second-order valence-corrected chi connectivity index (χ2v) is 5.43. The summed E-state index contributed by atoms with van der Waals surface area (Å²) in [6, 6.07) is 5.47. The van der Waals surface area contributed by atoms with Crippen molar-refractivity contribution in [1.82, 2.24) is 5.32 Å². The molecule has 19 heavy (non-hydrogen) atoms. The molecule has 2 atom stereocenters. The first-order chi connectivity index (χ1) is 9.08. The lowest BCUT2D eigenvalue weighted by Gasteiger charge is -2.26. The van der Waals surface area contributed by atoms with Crippen LogP contribution in [0.3, 0.4) is 0 Å². The molecule has 1 aromatic rings. The fraction of sp³-hybridized carbons (Fsp3) is 0.533. The summed E-state index contributed by atoms with van der Waals surface area (Å²) in [6.45, 7) is 2.51. The zero-order chi connectivity index (χ0) is 13.8. The van der Waals surface area contributed by atoms with Gasteiger partial charge >= 0.3 is 0 Å². The van der Waals surface area contributed by atoms with Crippen LogP contribution in [0, 0.1) is 12.8 Å². The summed E-state index contributed by atoms with van der Waals surface area (Å²) in [4.78, 5) is 12.1. The van der Waals surface area contributed by atoms with E-state index in [0.29, 0.717) is 23.7 Å². The topological polar surface area (TPSA) is 75.3 Å². The Bertz CT molecular complexity index is 459. The minimum Gasteiger partial charge on any atom is -0.398 e. The number of nitrogens with two attached hydrogens (primary N) is 1. The van der Waals surface area contributed by atoms with Gasteiger partial charge < -0.3 is 16.2 Å². The van der Waals surface area contributed by atoms with Crippen molar-refractivity contribution in [2.75, 3.05) is 12.3 Å². The smallest absolute Gasteiger partial charge is 0.253 e. The summed E-state index contributed by atoms with van der Waals surface area (Å²) in [5.74, 6) is 0.250. The number of anilines is 1. The molecular formula is C15H22N2O2. The van der Waals surface area contributed by atoms with Crippen LogP contribution in [-0.4, -0.2) is 23.7 Å². The molecule has 1 aliphatic carbocycles. The van der Waals surface area contributed by atoms with Crippen molar-refractivity contribution in [2.45, 2.75) is 38.7 Å². The second kappa shape index (κ2) is 6.06. The number of hydrogen-bond donors (Lipinski definition) is 3. The van der Waals surface area contributed by atoms with Gasteiger partial charge in [-0.1, -0.05) is 18.6 Å². The molecule has 0 saturated heterocycles. The molecule has 1 fully saturated rings. The predicted molar refractivity (Wildman–Crippen MR) is 75.9 cm³/mol. The predicted octanol–water partition coefficient (Wildman–Crippen LogP) is 1.86. The van der Waals surface area contributed by atoms with Gasteiger partial charge in [-0.3, -0.25) is 4.79 Å². The van der Waals surface area contributed by atoms with Gasteiger partial charge in [-0.2, -0.15) is 0 Å². The third-order valence-corrected chi connectivity index (χ3v) is 3.88. The molecule has 2 unspecified atom stereocenters. The van der Waals surface area contributed by atoms with E-state index in [1.54, 1.807) is 6.07 Å². The monoisotopic (exact) mass is 262 g/mol. The Kier molecular flexibility index (Phi) is 4.43. The molecule has 1 amide bonds. The number of aryl methyl sites for hydroxylation is 1. The van der Waals surface area contributed by atoms with E-state index in [4.69, 9.17) is 5.73 Å². The maximum atomic E-state index is 12.1. The number of benzene rings is 1. The first kappa shape index (κ1) is 13.9. The van der Waals surface area contributed by atoms with Gasteiger partial charge in [0.2, 0.25) is 0 Å². The van der Waals surface area contributed by atoms with Gasteiger partial charge in [0.05, 0.1) is 11.7 Å². The van der Waals surface area contributed by atoms with Gasteiger partial charge in [0, 0.05) is 12.2 Å². The summed E-state index contributed by atoms with van der Waals surface area (Å²) >= 11 is 0. The van der Waals surface area contributed by atoms with Crippen molar-refractivity contribution in [3.63, 3.8) is 0 Å². The van der Waals surface area contributed by atoms with Gasteiger partial charge in [-0.15, -0.1) is 0 Å². The minimum atomic E-state index is -0.209. The molecular weight excluding hydrogens is 240 g/mol. The van der Waals surface area contributed by atoms with Crippen LogP contribution in [0.5, 0.6) is 0 Å². The van der Waals surface area contributed by atoms with Crippen molar-refractivity contribution < 1.29 is 9.90 Å². The van der Waals surface area contributed by atoms with E-state index in [9.17, 15) is 9.90 Å². The van der Waals surface area contributed by atoms with Crippen LogP contribution in [0.1, 0.15) is 41.6 Å². The number of para-hydroxylation sites is 1. The van der Waals surface area contributed by atoms with E-state index in [1.165, 1.54) is 0 Å². The minimum absolute atomic E-state index is 0.124. The lowest BCUT2D eigenvalue weighted by Crippen LogP contribution is -2.33. The molecule has 2 rings (SSSR count). The molecule has 0 spiro atoms. The molecule has 0 radical (unpaired) electrons. The largest absolute Gasteiger partial charge is 0.398 e. The number of nitrogen functional groups attached to an aromatic ring is 1. The van der Waals surface area contributed by atoms with Gasteiger partial charge in [0.1, 0.15) is 0 Å². The highest BCUT2D eigenvalue weighted by atomic mass is 16.3. The third kappa shape index (κ3) is 3.47. The van der Waals surface area contributed by atoms with E-state index >= 15 is 0 Å². The van der Waals surface area contributed by atoms with Gasteiger partial charge in [-0.05, 0) is 43.7 Å². The molecule has 104 valence electrons. The molecule has 0 aliphatic heterocycles. The first-order valence-electron chi connectivity index (χ1n) is 6.89. The molecule has 4 nitrogen and oxygen atoms in total. The maximum absolute atomic E-state index is 12.1. The zero-order valence-electron chi connectivity index (χ0n) is 11.4. The molecule has 1 aromatic carbocycles. The normalized spacial score (nSPS) is 23.1. The number of hydrogen-bond acceptors (Lipinski definition) is 3. The molecule has 4 heteroatoms. The number of amides is 1. The van der Waals surface area contributed by atoms with Gasteiger partial charge in [0.25, 0.3) is 5.91 Å². The van der Waals surface area contributed by atoms with Crippen LogP contribution in [0.15, 0.2) is 18.2 Å². The van der Waals surface area contributed by atoms with Crippen LogP contribution in [0.4, 0.5) is 5.69 Å². The summed E-state index contributed by atoms with van der Waals surface area (Å²) in [7, 11) is 0. The number of aliphatic hydroxyl groups excluding tert-OH is 1. The van der Waals surface area contributed by atoms with Crippen molar-refractivity contribution >= 4 is 11.6 Å². The van der Waals surface area contributed by atoms with Crippen molar-refractivity contribution in [2.24, 2.45) is 5.92 Å². The van der Waals surface area contributed by atoms with E-state index in [2.05, 4.69) is 5.32 Å². The van der Waals surface area contributed by atoms with Crippen molar-refractivity contribution in [3.8, 4) is 0 Å². The Hall–Kier alpha value is -1.55. The summed E-state index contributed by atoms with van der Waals surface area (Å²) < 4.78 is 0. The third-order valence-electron chi connectivity index (χ3n) is 3.88. The Morgan fingerprint density at radius 2 is 2.26 bits per heavy atom. The Labute approximate surface area is 114 Å². The zero-order valence-corrected chi connectivity index (χ0v) is 11.4. The lowest BCUT2D eigenvalue weighted by atomic mass is 9.87. The highest BCUT2D eigenvalue weighted by molar-refractivity contribution is 5.99. The van der Waals surface area contributed by atoms with Crippen LogP contribution < -0.4 is 11.1 Å². The van der Waals surface area contributed by atoms with E-state index in [0.717, 1.165) is 31.2 Å². The van der Waals surface area contributed by atoms with Crippen LogP contribution in [0.25, 0.3) is 0 Å². The highest BCUT2D eigenvalue weighted by Gasteiger charge is 2.21. The van der Waals surface area contributed by atoms with E-state index in [1.807, 2.05) is 19.1 Å². The van der Waals surface area contributed by atoms with Gasteiger partial charge in [-0.25, -0.2) is 0 Å². The van der Waals surface area contributed by atoms with Crippen LogP contribution in [0.2, 0.25) is 0 Å². The maximum Gasteiger partial charge on any atom is 0.253 e. The quantitative estimate of drug-likeness (QED) is 0.728. The first-order valence-corrected chi connectivity index (χ1v) is 6.89. The Morgan fingerprint density at radius 1 is 1.47 bits per heavy atom. The van der Waals surface area contributed by atoms with E-state index < -0.39 is 0 Å². The molecule has 1 aliphatic rings. The highest BCUT2D eigenvalue weighted by Crippen LogP contribution is 2.23. The molecule has 1 saturated carbocycles. The SMILES string of the molecule is Cc1cccc(C(=O)NCC2CCCC(O)C2)c1N. The van der Waals surface area contributed by atoms with E-state index in [-0.39, 0.29) is 12.0 Å². The summed E-state index contributed by atoms with van der Waals surface area (Å²) in [5.41, 5.74) is 7.91. The fourth-order valence-electron chi connectivity index (χ4n) is 2.66. The second-order valence-electron chi connectivity index (χ2n) is 5.43. The number of carbonyl (C=O) groups is 1. The summed E-state index contributed by atoms with van der Waals surface area (Å²) in [6.07, 6.45) is 3.56. The fourth-order valence-corrected chi connectivity index (χ4v) is 2.66. The lowest BCUT2D eigenvalue weighted by molar-refractivity contribution is 0.0874. The Balaban J connectivity index is 1.92. The number of nitrogens with one attached hydrogen (secondary N) is 1. The molecule has 4 N–H and O–H groups in total. The standard InChI is InChI=1S/C15H22N2O2/c1-10-4-2-7-13(14(10)16)15(19)17-9-11-5-3-6-12(18)8-11/h2,4,7,11-12,18H,3,5-6,8-9,16H2,1H3,(H,17,19). The van der Waals surface area contributed by atoms with Crippen LogP contribution in [-0.2, 0) is 0 Å². The number of rotatable bonds is 3. The van der Waals surface area contributed by atoms with Gasteiger partial charge in [0.15, 0.2) is 0 Å². The molecule has 0 bridgehead atoms. The van der Waals surface area contributed by atoms with Crippen LogP contribution >= 0.6 is 0 Å². The molecule has 0 heterocycles. The average Bonchev–Trinajstić information content (AvgIpc) is 2.39. The number of carbonyl (C=O) groups excluding carboxylic acids is 1.